The number of amides is 1. The number of nitrogens with one attached hydrogen (secondary N) is 1. The number of aromatic nitrogens is 2. The molecule has 0 aliphatic rings. The molecule has 1 aromatic carbocycles. The lowest BCUT2D eigenvalue weighted by Crippen LogP contribution is -2.33. The molecule has 0 fully saturated rings. The van der Waals surface area contributed by atoms with Crippen molar-refractivity contribution in [3.63, 3.8) is 0 Å². The number of ether oxygens (including phenoxy) is 1. The summed E-state index contributed by atoms with van der Waals surface area (Å²) in [4.78, 5) is 36.3. The number of hydrogen-bond acceptors (Lipinski definition) is 5. The second kappa shape index (κ2) is 9.66. The number of esters is 1. The summed E-state index contributed by atoms with van der Waals surface area (Å²) in [6.07, 6.45) is 1.71. The Morgan fingerprint density at radius 2 is 1.89 bits per heavy atom. The summed E-state index contributed by atoms with van der Waals surface area (Å²) in [5.74, 6) is -0.878. The van der Waals surface area contributed by atoms with Gasteiger partial charge in [0.1, 0.15) is 5.69 Å². The predicted molar refractivity (Wildman–Crippen MR) is 101 cm³/mol. The fourth-order valence-corrected chi connectivity index (χ4v) is 2.57. The van der Waals surface area contributed by atoms with Gasteiger partial charge in [0.25, 0.3) is 11.5 Å². The number of carbonyl (C=O) groups is 2. The van der Waals surface area contributed by atoms with Crippen molar-refractivity contribution >= 4 is 11.9 Å². The first kappa shape index (κ1) is 20.4. The molecule has 7 nitrogen and oxygen atoms in total. The minimum atomic E-state index is -0.552. The van der Waals surface area contributed by atoms with Gasteiger partial charge in [-0.15, -0.1) is 0 Å². The lowest BCUT2D eigenvalue weighted by molar-refractivity contribution is -0.141. The summed E-state index contributed by atoms with van der Waals surface area (Å²) in [6.45, 7) is 4.43. The molecule has 0 aliphatic heterocycles. The number of methoxy groups -OCH3 is 1. The maximum atomic E-state index is 12.7. The van der Waals surface area contributed by atoms with Gasteiger partial charge in [0.2, 0.25) is 0 Å². The van der Waals surface area contributed by atoms with Crippen LogP contribution in [0.2, 0.25) is 0 Å². The van der Waals surface area contributed by atoms with Gasteiger partial charge in [-0.2, -0.15) is 5.10 Å². The molecule has 7 heteroatoms. The topological polar surface area (TPSA) is 90.3 Å². The van der Waals surface area contributed by atoms with Crippen molar-refractivity contribution < 1.29 is 14.3 Å². The Labute approximate surface area is 158 Å². The average Bonchev–Trinajstić information content (AvgIpc) is 2.67. The van der Waals surface area contributed by atoms with Crippen LogP contribution in [-0.4, -0.2) is 28.8 Å². The molecule has 0 aliphatic carbocycles. The summed E-state index contributed by atoms with van der Waals surface area (Å²) in [7, 11) is 1.31. The van der Waals surface area contributed by atoms with Gasteiger partial charge in [0, 0.05) is 12.6 Å². The Balaban J connectivity index is 2.23. The minimum Gasteiger partial charge on any atom is -0.469 e. The largest absolute Gasteiger partial charge is 0.469 e. The van der Waals surface area contributed by atoms with Gasteiger partial charge in [-0.25, -0.2) is 4.68 Å². The van der Waals surface area contributed by atoms with E-state index in [1.807, 2.05) is 38.1 Å². The molecule has 1 aromatic heterocycles. The fraction of sp³-hybridized carbons (Fsp3) is 0.400. The molecule has 0 bridgehead atoms. The number of nitrogens with zero attached hydrogens (tertiary/aromatic N) is 2. The molecule has 1 unspecified atom stereocenters. The Kier molecular flexibility index (Phi) is 7.28. The summed E-state index contributed by atoms with van der Waals surface area (Å²) in [5.41, 5.74) is 1.75. The number of benzene rings is 1. The molecule has 1 N–H and O–H groups in total. The first-order chi connectivity index (χ1) is 12.9. The van der Waals surface area contributed by atoms with E-state index in [4.69, 9.17) is 4.74 Å². The molecule has 2 aromatic rings. The van der Waals surface area contributed by atoms with Crippen LogP contribution < -0.4 is 10.9 Å². The molecule has 0 saturated carbocycles. The Morgan fingerprint density at radius 1 is 1.19 bits per heavy atom. The second-order valence-corrected chi connectivity index (χ2v) is 6.35. The highest BCUT2D eigenvalue weighted by Crippen LogP contribution is 2.18. The van der Waals surface area contributed by atoms with Crippen LogP contribution in [-0.2, 0) is 16.1 Å². The Hall–Kier alpha value is -2.96. The number of aryl methyl sites for hydroxylation is 2. The number of unbranched alkanes of at least 4 members (excludes halogenated alkanes) is 1. The standard InChI is InChI=1S/C20H25N3O4/c1-4-5-12-23-18(24)11-10-16(22-23)20(26)21-17(13-19(25)27-3)15-8-6-14(2)7-9-15/h6-11,17H,4-5,12-13H2,1-3H3,(H,21,26). The van der Waals surface area contributed by atoms with Crippen molar-refractivity contribution in [1.82, 2.24) is 15.1 Å². The van der Waals surface area contributed by atoms with E-state index < -0.39 is 17.9 Å². The number of hydrogen-bond donors (Lipinski definition) is 1. The van der Waals surface area contributed by atoms with E-state index in [-0.39, 0.29) is 17.7 Å². The van der Waals surface area contributed by atoms with E-state index in [0.29, 0.717) is 6.54 Å². The Bertz CT molecular complexity index is 843. The highest BCUT2D eigenvalue weighted by molar-refractivity contribution is 5.92. The number of rotatable bonds is 8. The van der Waals surface area contributed by atoms with Crippen molar-refractivity contribution in [2.45, 2.75) is 45.7 Å². The van der Waals surface area contributed by atoms with E-state index in [9.17, 15) is 14.4 Å². The SMILES string of the molecule is CCCCn1nc(C(=O)NC(CC(=O)OC)c2ccc(C)cc2)ccc1=O. The third-order valence-corrected chi connectivity index (χ3v) is 4.21. The van der Waals surface area contributed by atoms with Crippen LogP contribution in [0, 0.1) is 6.92 Å². The summed E-state index contributed by atoms with van der Waals surface area (Å²) in [6, 6.07) is 9.72. The van der Waals surface area contributed by atoms with Gasteiger partial charge >= 0.3 is 5.97 Å². The molecule has 2 rings (SSSR count). The molecule has 1 atom stereocenters. The van der Waals surface area contributed by atoms with Gasteiger partial charge in [-0.1, -0.05) is 43.2 Å². The molecular formula is C20H25N3O4. The minimum absolute atomic E-state index is 0.000769. The molecule has 1 heterocycles. The average molecular weight is 371 g/mol. The van der Waals surface area contributed by atoms with Crippen LogP contribution in [0.3, 0.4) is 0 Å². The maximum absolute atomic E-state index is 12.7. The smallest absolute Gasteiger partial charge is 0.307 e. The lowest BCUT2D eigenvalue weighted by Gasteiger charge is -2.18. The van der Waals surface area contributed by atoms with Crippen LogP contribution in [0.4, 0.5) is 0 Å². The van der Waals surface area contributed by atoms with Gasteiger partial charge in [-0.3, -0.25) is 14.4 Å². The summed E-state index contributed by atoms with van der Waals surface area (Å²) < 4.78 is 6.03. The second-order valence-electron chi connectivity index (χ2n) is 6.35. The van der Waals surface area contributed by atoms with Gasteiger partial charge in [-0.05, 0) is 25.0 Å². The monoisotopic (exact) mass is 371 g/mol. The highest BCUT2D eigenvalue weighted by Gasteiger charge is 2.21. The van der Waals surface area contributed by atoms with Gasteiger partial charge in [0.15, 0.2) is 0 Å². The summed E-state index contributed by atoms with van der Waals surface area (Å²) >= 11 is 0. The van der Waals surface area contributed by atoms with Crippen molar-refractivity contribution in [2.75, 3.05) is 7.11 Å². The Morgan fingerprint density at radius 3 is 2.52 bits per heavy atom. The first-order valence-corrected chi connectivity index (χ1v) is 8.97. The van der Waals surface area contributed by atoms with E-state index in [0.717, 1.165) is 24.0 Å². The fourth-order valence-electron chi connectivity index (χ4n) is 2.57. The molecule has 0 radical (unpaired) electrons. The molecule has 27 heavy (non-hydrogen) atoms. The normalized spacial score (nSPS) is 11.7. The van der Waals surface area contributed by atoms with Crippen LogP contribution >= 0.6 is 0 Å². The van der Waals surface area contributed by atoms with Crippen LogP contribution in [0.1, 0.15) is 53.8 Å². The zero-order chi connectivity index (χ0) is 19.8. The van der Waals surface area contributed by atoms with Crippen LogP contribution in [0.15, 0.2) is 41.2 Å². The van der Waals surface area contributed by atoms with Gasteiger partial charge in [0.05, 0.1) is 19.6 Å². The molecule has 1 amide bonds. The molecular weight excluding hydrogens is 346 g/mol. The van der Waals surface area contributed by atoms with Crippen molar-refractivity contribution in [3.05, 3.63) is 63.6 Å². The quantitative estimate of drug-likeness (QED) is 0.720. The van der Waals surface area contributed by atoms with Crippen molar-refractivity contribution in [3.8, 4) is 0 Å². The van der Waals surface area contributed by atoms with E-state index >= 15 is 0 Å². The van der Waals surface area contributed by atoms with Crippen molar-refractivity contribution in [2.24, 2.45) is 0 Å². The van der Waals surface area contributed by atoms with E-state index in [2.05, 4.69) is 10.4 Å². The zero-order valence-electron chi connectivity index (χ0n) is 15.9. The third kappa shape index (κ3) is 5.77. The van der Waals surface area contributed by atoms with E-state index in [1.54, 1.807) is 0 Å². The van der Waals surface area contributed by atoms with E-state index in [1.165, 1.54) is 23.9 Å². The first-order valence-electron chi connectivity index (χ1n) is 8.97. The molecule has 0 saturated heterocycles. The number of carbonyl (C=O) groups excluding carboxylic acids is 2. The maximum Gasteiger partial charge on any atom is 0.307 e. The highest BCUT2D eigenvalue weighted by atomic mass is 16.5. The van der Waals surface area contributed by atoms with Crippen LogP contribution in [0.25, 0.3) is 0 Å². The zero-order valence-corrected chi connectivity index (χ0v) is 15.9. The van der Waals surface area contributed by atoms with Gasteiger partial charge < -0.3 is 10.1 Å². The molecule has 144 valence electrons. The predicted octanol–water partition coefficient (Wildman–Crippen LogP) is 2.39. The van der Waals surface area contributed by atoms with Crippen LogP contribution in [0.5, 0.6) is 0 Å². The van der Waals surface area contributed by atoms with Crippen molar-refractivity contribution in [1.29, 1.82) is 0 Å². The summed E-state index contributed by atoms with van der Waals surface area (Å²) in [5, 5.41) is 6.97. The third-order valence-electron chi connectivity index (χ3n) is 4.21. The lowest BCUT2D eigenvalue weighted by atomic mass is 10.0. The molecule has 0 spiro atoms.